The van der Waals surface area contributed by atoms with Crippen LogP contribution < -0.4 is 10.2 Å². The molecular weight excluding hydrogens is 321 g/mol. The zero-order chi connectivity index (χ0) is 17.1. The van der Waals surface area contributed by atoms with E-state index >= 15 is 4.39 Å². The van der Waals surface area contributed by atoms with Crippen molar-refractivity contribution in [3.05, 3.63) is 48.8 Å². The Morgan fingerprint density at radius 3 is 2.60 bits per heavy atom. The van der Waals surface area contributed by atoms with Gasteiger partial charge in [-0.15, -0.1) is 0 Å². The lowest BCUT2D eigenvalue weighted by Crippen LogP contribution is -2.22. The monoisotopic (exact) mass is 337 g/mol. The maximum Gasteiger partial charge on any atom is 0.208 e. The molecule has 1 saturated heterocycles. The molecule has 0 spiro atoms. The van der Waals surface area contributed by atoms with Gasteiger partial charge in [-0.05, 0) is 25.0 Å². The van der Waals surface area contributed by atoms with Crippen LogP contribution in [0.1, 0.15) is 12.8 Å². The van der Waals surface area contributed by atoms with Gasteiger partial charge in [-0.1, -0.05) is 6.07 Å². The number of anilines is 3. The quantitative estimate of drug-likeness (QED) is 0.784. The van der Waals surface area contributed by atoms with Crippen LogP contribution >= 0.6 is 0 Å². The van der Waals surface area contributed by atoms with Crippen LogP contribution in [-0.4, -0.2) is 38.0 Å². The van der Waals surface area contributed by atoms with E-state index in [1.165, 1.54) is 12.4 Å². The molecule has 0 aliphatic carbocycles. The molecule has 8 heteroatoms. The summed E-state index contributed by atoms with van der Waals surface area (Å²) < 4.78 is 15.0. The third-order valence-electron chi connectivity index (χ3n) is 3.94. The maximum absolute atomic E-state index is 15.0. The van der Waals surface area contributed by atoms with E-state index < -0.39 is 5.82 Å². The van der Waals surface area contributed by atoms with Crippen molar-refractivity contribution < 1.29 is 4.39 Å². The van der Waals surface area contributed by atoms with Crippen molar-refractivity contribution in [1.82, 2.24) is 24.9 Å². The summed E-state index contributed by atoms with van der Waals surface area (Å²) in [6.07, 6.45) is 8.30. The Balaban J connectivity index is 1.80. The molecule has 1 aliphatic rings. The molecule has 126 valence electrons. The van der Waals surface area contributed by atoms with Gasteiger partial charge in [-0.25, -0.2) is 15.0 Å². The lowest BCUT2D eigenvalue weighted by Gasteiger charge is -2.19. The average Bonchev–Trinajstić information content (AvgIpc) is 3.19. The fraction of sp³-hybridized carbons (Fsp3) is 0.235. The second-order valence-corrected chi connectivity index (χ2v) is 5.66. The number of hydrogen-bond donors (Lipinski definition) is 1. The second-order valence-electron chi connectivity index (χ2n) is 5.66. The minimum atomic E-state index is -0.493. The van der Waals surface area contributed by atoms with E-state index in [0.717, 1.165) is 25.9 Å². The Morgan fingerprint density at radius 1 is 1.00 bits per heavy atom. The van der Waals surface area contributed by atoms with Crippen molar-refractivity contribution >= 4 is 17.5 Å². The van der Waals surface area contributed by atoms with Crippen LogP contribution in [0.15, 0.2) is 43.0 Å². The molecule has 0 aromatic carbocycles. The number of aromatic nitrogens is 5. The largest absolute Gasteiger partial charge is 0.354 e. The first kappa shape index (κ1) is 15.4. The third kappa shape index (κ3) is 3.23. The number of pyridine rings is 1. The number of nitrogens with zero attached hydrogens (tertiary/aromatic N) is 6. The van der Waals surface area contributed by atoms with Gasteiger partial charge in [0.1, 0.15) is 11.5 Å². The lowest BCUT2D eigenvalue weighted by atomic mass is 10.3. The third-order valence-corrected chi connectivity index (χ3v) is 3.94. The molecular formula is C17H16FN7. The zero-order valence-electron chi connectivity index (χ0n) is 13.4. The normalized spacial score (nSPS) is 13.9. The topological polar surface area (TPSA) is 79.7 Å². The molecule has 0 unspecified atom stereocenters. The van der Waals surface area contributed by atoms with E-state index in [1.54, 1.807) is 18.5 Å². The van der Waals surface area contributed by atoms with Gasteiger partial charge in [-0.2, -0.15) is 4.39 Å². The highest BCUT2D eigenvalue weighted by Gasteiger charge is 2.23. The summed E-state index contributed by atoms with van der Waals surface area (Å²) in [7, 11) is 0. The van der Waals surface area contributed by atoms with E-state index in [0.29, 0.717) is 23.2 Å². The van der Waals surface area contributed by atoms with Gasteiger partial charge in [0.05, 0.1) is 6.20 Å². The number of rotatable bonds is 4. The van der Waals surface area contributed by atoms with Gasteiger partial charge in [-0.3, -0.25) is 9.97 Å². The highest BCUT2D eigenvalue weighted by atomic mass is 19.1. The van der Waals surface area contributed by atoms with E-state index in [2.05, 4.69) is 30.2 Å². The van der Waals surface area contributed by atoms with Crippen molar-refractivity contribution in [3.8, 4) is 11.5 Å². The van der Waals surface area contributed by atoms with Gasteiger partial charge in [0.15, 0.2) is 17.5 Å². The predicted molar refractivity (Wildman–Crippen MR) is 92.0 cm³/mol. The fourth-order valence-electron chi connectivity index (χ4n) is 2.75. The van der Waals surface area contributed by atoms with Crippen molar-refractivity contribution in [2.75, 3.05) is 23.3 Å². The molecule has 1 aliphatic heterocycles. The molecule has 7 nitrogen and oxygen atoms in total. The molecule has 4 rings (SSSR count). The summed E-state index contributed by atoms with van der Waals surface area (Å²) >= 11 is 0. The number of halogens is 1. The number of hydrogen-bond acceptors (Lipinski definition) is 7. The fourth-order valence-corrected chi connectivity index (χ4v) is 2.75. The SMILES string of the molecule is Fc1c(Nc2cnccn2)nc(-c2ccccn2)nc1N1CCCC1. The first-order valence-electron chi connectivity index (χ1n) is 8.08. The number of nitrogens with one attached hydrogen (secondary N) is 1. The molecule has 0 saturated carbocycles. The Kier molecular flexibility index (Phi) is 4.16. The molecule has 3 aromatic heterocycles. The smallest absolute Gasteiger partial charge is 0.208 e. The molecule has 1 fully saturated rings. The second kappa shape index (κ2) is 6.76. The summed E-state index contributed by atoms with van der Waals surface area (Å²) in [6.45, 7) is 1.56. The first-order valence-corrected chi connectivity index (χ1v) is 8.08. The van der Waals surface area contributed by atoms with Crippen LogP contribution in [0.25, 0.3) is 11.5 Å². The summed E-state index contributed by atoms with van der Waals surface area (Å²) in [5, 5.41) is 2.89. The van der Waals surface area contributed by atoms with E-state index in [-0.39, 0.29) is 5.82 Å². The highest BCUT2D eigenvalue weighted by molar-refractivity contribution is 5.63. The van der Waals surface area contributed by atoms with Crippen LogP contribution in [0.2, 0.25) is 0 Å². The van der Waals surface area contributed by atoms with Gasteiger partial charge >= 0.3 is 0 Å². The minimum absolute atomic E-state index is 0.0676. The van der Waals surface area contributed by atoms with Crippen molar-refractivity contribution in [2.45, 2.75) is 12.8 Å². The minimum Gasteiger partial charge on any atom is -0.354 e. The van der Waals surface area contributed by atoms with E-state index in [4.69, 9.17) is 0 Å². The Hall–Kier alpha value is -3.16. The summed E-state index contributed by atoms with van der Waals surface area (Å²) in [4.78, 5) is 23.0. The van der Waals surface area contributed by atoms with Crippen molar-refractivity contribution in [3.63, 3.8) is 0 Å². The lowest BCUT2D eigenvalue weighted by molar-refractivity contribution is 0.613. The van der Waals surface area contributed by atoms with E-state index in [9.17, 15) is 0 Å². The van der Waals surface area contributed by atoms with Crippen LogP contribution in [0.4, 0.5) is 21.8 Å². The van der Waals surface area contributed by atoms with Crippen LogP contribution in [-0.2, 0) is 0 Å². The molecule has 0 radical (unpaired) electrons. The van der Waals surface area contributed by atoms with Gasteiger partial charge in [0, 0.05) is 31.7 Å². The standard InChI is InChI=1S/C17H16FN7/c18-14-16(22-13-11-19-7-8-21-13)23-15(12-5-1-2-6-20-12)24-17(14)25-9-3-4-10-25/h1-2,5-8,11H,3-4,9-10H2,(H,21,22,23,24). The summed E-state index contributed by atoms with van der Waals surface area (Å²) in [5.41, 5.74) is 0.588. The molecule has 25 heavy (non-hydrogen) atoms. The van der Waals surface area contributed by atoms with Crippen molar-refractivity contribution in [2.24, 2.45) is 0 Å². The predicted octanol–water partition coefficient (Wildman–Crippen LogP) is 2.81. The molecule has 0 bridgehead atoms. The van der Waals surface area contributed by atoms with Gasteiger partial charge in [0.25, 0.3) is 0 Å². The van der Waals surface area contributed by atoms with E-state index in [1.807, 2.05) is 17.0 Å². The molecule has 4 heterocycles. The van der Waals surface area contributed by atoms with Gasteiger partial charge < -0.3 is 10.2 Å². The average molecular weight is 337 g/mol. The molecule has 0 atom stereocenters. The first-order chi connectivity index (χ1) is 12.3. The summed E-state index contributed by atoms with van der Waals surface area (Å²) in [5.74, 6) is 0.652. The highest BCUT2D eigenvalue weighted by Crippen LogP contribution is 2.29. The Bertz CT molecular complexity index is 852. The Labute approximate surface area is 144 Å². The van der Waals surface area contributed by atoms with Crippen LogP contribution in [0.5, 0.6) is 0 Å². The van der Waals surface area contributed by atoms with Crippen LogP contribution in [0.3, 0.4) is 0 Å². The molecule has 1 N–H and O–H groups in total. The maximum atomic E-state index is 15.0. The Morgan fingerprint density at radius 2 is 1.88 bits per heavy atom. The zero-order valence-corrected chi connectivity index (χ0v) is 13.4. The molecule has 3 aromatic rings. The van der Waals surface area contributed by atoms with Crippen molar-refractivity contribution in [1.29, 1.82) is 0 Å². The van der Waals surface area contributed by atoms with Crippen LogP contribution in [0, 0.1) is 5.82 Å². The molecule has 0 amide bonds. The van der Waals surface area contributed by atoms with Gasteiger partial charge in [0.2, 0.25) is 5.82 Å². The summed E-state index contributed by atoms with van der Waals surface area (Å²) in [6, 6.07) is 5.46.